The number of anilines is 4. The number of hydrogen-bond donors (Lipinski definition) is 4. The average Bonchev–Trinajstić information content (AvgIpc) is 2.81. The van der Waals surface area contributed by atoms with Crippen LogP contribution in [-0.2, 0) is 18.9 Å². The highest BCUT2D eigenvalue weighted by atomic mass is 16.5. The molecule has 32 heavy (non-hydrogen) atoms. The standard InChI is InChI=1S/C22H34N6O4/c1-3-19-23-7-11-29-15-17-31-13-9-25-21-5-2-6-22(28-21)26-10-14-32-18-16-30-12-8-24-20(4-1)27-19/h1-6H,7-18H2,(H2,23,24,27)(H2,25,26,28). The van der Waals surface area contributed by atoms with Gasteiger partial charge in [0.1, 0.15) is 23.3 Å². The van der Waals surface area contributed by atoms with E-state index in [1.54, 1.807) is 0 Å². The van der Waals surface area contributed by atoms with Gasteiger partial charge in [-0.15, -0.1) is 0 Å². The quantitative estimate of drug-likeness (QED) is 0.479. The predicted molar refractivity (Wildman–Crippen MR) is 126 cm³/mol. The van der Waals surface area contributed by atoms with Gasteiger partial charge < -0.3 is 40.2 Å². The largest absolute Gasteiger partial charge is 0.377 e. The first-order valence-electron chi connectivity index (χ1n) is 11.1. The molecule has 0 saturated carbocycles. The van der Waals surface area contributed by atoms with Crippen molar-refractivity contribution in [1.29, 1.82) is 0 Å². The first-order chi connectivity index (χ1) is 15.9. The highest BCUT2D eigenvalue weighted by Crippen LogP contribution is 2.09. The summed E-state index contributed by atoms with van der Waals surface area (Å²) in [7, 11) is 0. The van der Waals surface area contributed by atoms with Crippen LogP contribution in [0.25, 0.3) is 0 Å². The minimum absolute atomic E-state index is 0.552. The lowest BCUT2D eigenvalue weighted by molar-refractivity contribution is 0.0556. The van der Waals surface area contributed by atoms with Crippen LogP contribution in [0.1, 0.15) is 0 Å². The van der Waals surface area contributed by atoms with Crippen molar-refractivity contribution in [2.75, 3.05) is 100 Å². The van der Waals surface area contributed by atoms with E-state index in [2.05, 4.69) is 31.2 Å². The van der Waals surface area contributed by atoms with Crippen molar-refractivity contribution in [1.82, 2.24) is 9.97 Å². The molecule has 0 fully saturated rings. The summed E-state index contributed by atoms with van der Waals surface area (Å²) in [5.74, 6) is 3.23. The zero-order valence-electron chi connectivity index (χ0n) is 18.5. The Hall–Kier alpha value is -2.66. The Morgan fingerprint density at radius 3 is 1.00 bits per heavy atom. The Labute approximate surface area is 189 Å². The second-order valence-electron chi connectivity index (χ2n) is 6.97. The summed E-state index contributed by atoms with van der Waals surface area (Å²) in [5.41, 5.74) is 0. The Balaban J connectivity index is 1.41. The van der Waals surface area contributed by atoms with Crippen molar-refractivity contribution >= 4 is 23.3 Å². The Kier molecular flexibility index (Phi) is 11.4. The van der Waals surface area contributed by atoms with Gasteiger partial charge in [-0.25, -0.2) is 9.97 Å². The van der Waals surface area contributed by atoms with Crippen LogP contribution in [0.2, 0.25) is 0 Å². The Morgan fingerprint density at radius 2 is 0.719 bits per heavy atom. The van der Waals surface area contributed by atoms with Crippen molar-refractivity contribution in [2.45, 2.75) is 0 Å². The first-order valence-corrected chi connectivity index (χ1v) is 11.1. The number of pyridine rings is 2. The Bertz CT molecular complexity index is 649. The lowest BCUT2D eigenvalue weighted by Crippen LogP contribution is -2.17. The number of hydrogen-bond acceptors (Lipinski definition) is 10. The van der Waals surface area contributed by atoms with Gasteiger partial charge in [0.15, 0.2) is 0 Å². The van der Waals surface area contributed by atoms with Crippen LogP contribution >= 0.6 is 0 Å². The third kappa shape index (κ3) is 10.1. The summed E-state index contributed by atoms with van der Waals surface area (Å²) in [6, 6.07) is 11.7. The molecule has 176 valence electrons. The molecular weight excluding hydrogens is 412 g/mol. The van der Waals surface area contributed by atoms with E-state index in [1.807, 2.05) is 36.4 Å². The van der Waals surface area contributed by atoms with Crippen LogP contribution in [-0.4, -0.2) is 89.0 Å². The summed E-state index contributed by atoms with van der Waals surface area (Å²) in [6.07, 6.45) is 0. The molecule has 2 aromatic heterocycles. The van der Waals surface area contributed by atoms with Crippen LogP contribution in [0.4, 0.5) is 23.3 Å². The van der Waals surface area contributed by atoms with E-state index in [4.69, 9.17) is 18.9 Å². The molecule has 10 heteroatoms. The van der Waals surface area contributed by atoms with Crippen LogP contribution in [0.15, 0.2) is 36.4 Å². The smallest absolute Gasteiger partial charge is 0.128 e. The minimum Gasteiger partial charge on any atom is -0.377 e. The molecule has 3 rings (SSSR count). The number of nitrogens with one attached hydrogen (secondary N) is 4. The maximum absolute atomic E-state index is 5.60. The molecular formula is C22H34N6O4. The molecule has 3 heterocycles. The van der Waals surface area contributed by atoms with Crippen molar-refractivity contribution in [3.8, 4) is 0 Å². The van der Waals surface area contributed by atoms with Gasteiger partial charge in [-0.1, -0.05) is 12.1 Å². The summed E-state index contributed by atoms with van der Waals surface area (Å²) >= 11 is 0. The number of aromatic nitrogens is 2. The molecule has 1 aliphatic rings. The molecule has 0 atom stereocenters. The maximum Gasteiger partial charge on any atom is 0.128 e. The zero-order chi connectivity index (χ0) is 22.1. The average molecular weight is 447 g/mol. The highest BCUT2D eigenvalue weighted by Gasteiger charge is 2.00. The van der Waals surface area contributed by atoms with Crippen molar-refractivity contribution < 1.29 is 18.9 Å². The van der Waals surface area contributed by atoms with Crippen LogP contribution in [0, 0.1) is 0 Å². The van der Waals surface area contributed by atoms with E-state index < -0.39 is 0 Å². The van der Waals surface area contributed by atoms with E-state index in [0.717, 1.165) is 23.3 Å². The molecule has 0 unspecified atom stereocenters. The maximum atomic E-state index is 5.60. The fourth-order valence-corrected chi connectivity index (χ4v) is 2.91. The normalized spacial score (nSPS) is 18.2. The third-order valence-corrected chi connectivity index (χ3v) is 4.45. The molecule has 1 aliphatic heterocycles. The zero-order valence-corrected chi connectivity index (χ0v) is 18.5. The van der Waals surface area contributed by atoms with Crippen LogP contribution < -0.4 is 21.3 Å². The van der Waals surface area contributed by atoms with Gasteiger partial charge in [0.2, 0.25) is 0 Å². The topological polar surface area (TPSA) is 111 Å². The molecule has 0 spiro atoms. The fraction of sp³-hybridized carbons (Fsp3) is 0.545. The molecule has 0 radical (unpaired) electrons. The molecule has 2 aromatic rings. The number of rotatable bonds is 0. The summed E-state index contributed by atoms with van der Waals surface area (Å²) < 4.78 is 22.4. The van der Waals surface area contributed by atoms with Crippen LogP contribution in [0.5, 0.6) is 0 Å². The Morgan fingerprint density at radius 1 is 0.438 bits per heavy atom. The lowest BCUT2D eigenvalue weighted by Gasteiger charge is -2.11. The number of ether oxygens (including phenoxy) is 4. The van der Waals surface area contributed by atoms with E-state index in [1.165, 1.54) is 0 Å². The van der Waals surface area contributed by atoms with E-state index >= 15 is 0 Å². The molecule has 0 saturated heterocycles. The van der Waals surface area contributed by atoms with Crippen molar-refractivity contribution in [3.63, 3.8) is 0 Å². The van der Waals surface area contributed by atoms with Gasteiger partial charge in [-0.2, -0.15) is 0 Å². The van der Waals surface area contributed by atoms with Gasteiger partial charge in [-0.05, 0) is 24.3 Å². The van der Waals surface area contributed by atoms with Crippen molar-refractivity contribution in [3.05, 3.63) is 36.4 Å². The molecule has 0 aliphatic carbocycles. The molecule has 4 bridgehead atoms. The summed E-state index contributed by atoms with van der Waals surface area (Å²) in [4.78, 5) is 9.06. The second-order valence-corrected chi connectivity index (χ2v) is 6.97. The number of fused-ring (bicyclic) bond motifs is 4. The first kappa shape index (κ1) is 24.0. The van der Waals surface area contributed by atoms with Gasteiger partial charge >= 0.3 is 0 Å². The molecule has 4 N–H and O–H groups in total. The third-order valence-electron chi connectivity index (χ3n) is 4.45. The second kappa shape index (κ2) is 15.2. The predicted octanol–water partition coefficient (Wildman–Crippen LogP) is 1.90. The van der Waals surface area contributed by atoms with Crippen LogP contribution in [0.3, 0.4) is 0 Å². The molecule has 10 nitrogen and oxygen atoms in total. The monoisotopic (exact) mass is 446 g/mol. The van der Waals surface area contributed by atoms with Gasteiger partial charge in [0.25, 0.3) is 0 Å². The van der Waals surface area contributed by atoms with E-state index in [0.29, 0.717) is 79.0 Å². The molecule has 0 amide bonds. The summed E-state index contributed by atoms with van der Waals surface area (Å²) in [6.45, 7) is 7.25. The number of nitrogens with zero attached hydrogens (tertiary/aromatic N) is 2. The van der Waals surface area contributed by atoms with E-state index in [9.17, 15) is 0 Å². The fourth-order valence-electron chi connectivity index (χ4n) is 2.91. The highest BCUT2D eigenvalue weighted by molar-refractivity contribution is 5.45. The van der Waals surface area contributed by atoms with Gasteiger partial charge in [0.05, 0.1) is 52.9 Å². The van der Waals surface area contributed by atoms with Crippen molar-refractivity contribution in [2.24, 2.45) is 0 Å². The summed E-state index contributed by atoms with van der Waals surface area (Å²) in [5, 5.41) is 13.0. The minimum atomic E-state index is 0.552. The SMILES string of the molecule is c1cc2nc(c1)NCCOCCOCCNc1cccc(n1)NCCOCCOCCN2. The van der Waals surface area contributed by atoms with Gasteiger partial charge in [0, 0.05) is 26.2 Å². The van der Waals surface area contributed by atoms with Gasteiger partial charge in [-0.3, -0.25) is 0 Å². The molecule has 0 aromatic carbocycles. The lowest BCUT2D eigenvalue weighted by atomic mass is 10.4. The van der Waals surface area contributed by atoms with E-state index in [-0.39, 0.29) is 0 Å².